The summed E-state index contributed by atoms with van der Waals surface area (Å²) < 4.78 is 21.9. The Bertz CT molecular complexity index is 1340. The van der Waals surface area contributed by atoms with Crippen molar-refractivity contribution < 1.29 is 42.9 Å². The van der Waals surface area contributed by atoms with Crippen LogP contribution in [0.4, 0.5) is 9.59 Å². The molecule has 0 spiro atoms. The van der Waals surface area contributed by atoms with Crippen molar-refractivity contribution in [1.82, 2.24) is 20.4 Å². The highest BCUT2D eigenvalue weighted by Gasteiger charge is 2.40. The molecule has 304 valence electrons. The number of carbonyl (C=O) groups is 5. The minimum atomic E-state index is -0.741. The Kier molecular flexibility index (Phi) is 18.0. The normalized spacial score (nSPS) is 17.7. The minimum Gasteiger partial charge on any atom is -0.465 e. The van der Waals surface area contributed by atoms with Crippen molar-refractivity contribution in [2.24, 2.45) is 5.92 Å². The van der Waals surface area contributed by atoms with Crippen molar-refractivity contribution in [2.75, 3.05) is 32.8 Å². The highest BCUT2D eigenvalue weighted by atomic mass is 16.6. The molecule has 1 unspecified atom stereocenters. The molecule has 2 saturated heterocycles. The number of alkyl carbamates (subject to hydrolysis) is 1. The molecule has 2 aliphatic rings. The number of ether oxygens (including phenoxy) is 4. The molecule has 0 bridgehead atoms. The zero-order valence-electron chi connectivity index (χ0n) is 33.8. The van der Waals surface area contributed by atoms with Gasteiger partial charge in [-0.2, -0.15) is 0 Å². The average molecular weight is 759 g/mol. The van der Waals surface area contributed by atoms with E-state index in [1.54, 1.807) is 58.3 Å². The maximum Gasteiger partial charge on any atom is 0.410 e. The first-order chi connectivity index (χ1) is 25.6. The van der Waals surface area contributed by atoms with Crippen LogP contribution in [0.3, 0.4) is 0 Å². The number of esters is 2. The fourth-order valence-electron chi connectivity index (χ4n) is 6.85. The molecular weight excluding hydrogens is 692 g/mol. The van der Waals surface area contributed by atoms with Gasteiger partial charge in [-0.05, 0) is 111 Å². The Hall–Kier alpha value is -3.87. The third-order valence-corrected chi connectivity index (χ3v) is 9.51. The maximum atomic E-state index is 14.2. The Morgan fingerprint density at radius 2 is 1.44 bits per heavy atom. The predicted octanol–water partition coefficient (Wildman–Crippen LogP) is 6.51. The van der Waals surface area contributed by atoms with E-state index in [2.05, 4.69) is 10.6 Å². The van der Waals surface area contributed by atoms with Gasteiger partial charge in [0, 0.05) is 26.2 Å². The van der Waals surface area contributed by atoms with Crippen molar-refractivity contribution in [1.29, 1.82) is 0 Å². The Labute approximate surface area is 322 Å². The molecule has 2 N–H and O–H groups in total. The molecule has 3 rings (SSSR count). The summed E-state index contributed by atoms with van der Waals surface area (Å²) in [7, 11) is 0. The summed E-state index contributed by atoms with van der Waals surface area (Å²) in [5.74, 6) is -0.604. The molecule has 0 aliphatic carbocycles. The summed E-state index contributed by atoms with van der Waals surface area (Å²) in [6.07, 6.45) is 6.88. The number of nitrogens with one attached hydrogen (secondary N) is 2. The molecule has 13 nitrogen and oxygen atoms in total. The molecular formula is C41H66N4O9. The van der Waals surface area contributed by atoms with Gasteiger partial charge in [0.25, 0.3) is 0 Å². The van der Waals surface area contributed by atoms with Gasteiger partial charge in [-0.15, -0.1) is 0 Å². The summed E-state index contributed by atoms with van der Waals surface area (Å²) in [6, 6.07) is 7.51. The Morgan fingerprint density at radius 3 is 2.09 bits per heavy atom. The summed E-state index contributed by atoms with van der Waals surface area (Å²) >= 11 is 0. The average Bonchev–Trinajstić information content (AvgIpc) is 3.60. The SMILES string of the molecule is CCOC(=O)C(CCCCC1CCN(C(=O)OCc2ccccc2)CC1)N[C@@H](CCCCNC(=O)OC(C)(C)C)C(=O)N1CCC[C@H]1C(=O)OC(C)(C)C. The number of likely N-dealkylation sites (tertiary alicyclic amines) is 2. The molecule has 1 aromatic carbocycles. The first-order valence-corrected chi connectivity index (χ1v) is 19.9. The summed E-state index contributed by atoms with van der Waals surface area (Å²) in [5.41, 5.74) is -0.335. The van der Waals surface area contributed by atoms with Gasteiger partial charge in [0.1, 0.15) is 29.9 Å². The largest absolute Gasteiger partial charge is 0.465 e. The first-order valence-electron chi connectivity index (χ1n) is 19.9. The second kappa shape index (κ2) is 21.9. The lowest BCUT2D eigenvalue weighted by Gasteiger charge is -2.32. The zero-order valence-corrected chi connectivity index (χ0v) is 33.8. The van der Waals surface area contributed by atoms with Crippen LogP contribution in [-0.4, -0.2) is 102 Å². The monoisotopic (exact) mass is 758 g/mol. The number of piperidine rings is 1. The van der Waals surface area contributed by atoms with Crippen molar-refractivity contribution in [3.63, 3.8) is 0 Å². The van der Waals surface area contributed by atoms with Crippen molar-refractivity contribution in [3.05, 3.63) is 35.9 Å². The van der Waals surface area contributed by atoms with E-state index in [1.807, 2.05) is 30.3 Å². The quantitative estimate of drug-likeness (QED) is 0.0963. The van der Waals surface area contributed by atoms with E-state index < -0.39 is 47.4 Å². The Balaban J connectivity index is 1.57. The summed E-state index contributed by atoms with van der Waals surface area (Å²) in [4.78, 5) is 68.7. The zero-order chi connectivity index (χ0) is 39.7. The fourth-order valence-corrected chi connectivity index (χ4v) is 6.85. The van der Waals surface area contributed by atoms with Crippen LogP contribution in [0, 0.1) is 5.92 Å². The van der Waals surface area contributed by atoms with E-state index in [0.29, 0.717) is 70.6 Å². The van der Waals surface area contributed by atoms with Crippen molar-refractivity contribution >= 4 is 30.0 Å². The van der Waals surface area contributed by atoms with Gasteiger partial charge < -0.3 is 34.1 Å². The second-order valence-electron chi connectivity index (χ2n) is 16.4. The molecule has 3 amide bonds. The third kappa shape index (κ3) is 16.2. The fraction of sp³-hybridized carbons (Fsp3) is 0.732. The first kappa shape index (κ1) is 44.5. The number of amides is 3. The van der Waals surface area contributed by atoms with E-state index in [1.165, 1.54) is 0 Å². The maximum absolute atomic E-state index is 14.2. The van der Waals surface area contributed by atoms with Crippen LogP contribution in [-0.2, 0) is 39.9 Å². The van der Waals surface area contributed by atoms with E-state index in [0.717, 1.165) is 37.7 Å². The molecule has 3 atom stereocenters. The molecule has 0 aromatic heterocycles. The number of unbranched alkanes of at least 4 members (excludes halogenated alkanes) is 2. The number of hydrogen-bond acceptors (Lipinski definition) is 10. The lowest BCUT2D eigenvalue weighted by atomic mass is 9.91. The van der Waals surface area contributed by atoms with Gasteiger partial charge in [-0.1, -0.05) is 49.6 Å². The molecule has 2 fully saturated rings. The van der Waals surface area contributed by atoms with Crippen molar-refractivity contribution in [3.8, 4) is 0 Å². The van der Waals surface area contributed by atoms with Crippen LogP contribution in [0.5, 0.6) is 0 Å². The second-order valence-corrected chi connectivity index (χ2v) is 16.4. The number of benzene rings is 1. The van der Waals surface area contributed by atoms with E-state index in [4.69, 9.17) is 18.9 Å². The van der Waals surface area contributed by atoms with Crippen LogP contribution >= 0.6 is 0 Å². The van der Waals surface area contributed by atoms with Crippen LogP contribution in [0.2, 0.25) is 0 Å². The van der Waals surface area contributed by atoms with Gasteiger partial charge in [0.15, 0.2) is 0 Å². The highest BCUT2D eigenvalue weighted by Crippen LogP contribution is 2.26. The standard InChI is InChI=1S/C41H66N4O9/c1-8-51-36(47)33(21-13-12-17-30-23-27-44(28-24-30)39(50)52-29-31-18-10-9-11-19-31)43-32(20-14-15-25-42-38(49)54-41(5,6)7)35(46)45-26-16-22-34(45)37(48)53-40(2,3)4/h9-11,18-19,30,32-34,43H,8,12-17,20-29H2,1-7H3,(H,42,49)/t32-,33?,34-/m0/s1. The van der Waals surface area contributed by atoms with Gasteiger partial charge in [0.2, 0.25) is 5.91 Å². The van der Waals surface area contributed by atoms with Crippen LogP contribution in [0.1, 0.15) is 125 Å². The van der Waals surface area contributed by atoms with Crippen molar-refractivity contribution in [2.45, 2.75) is 155 Å². The number of carbonyl (C=O) groups excluding carboxylic acids is 5. The molecule has 54 heavy (non-hydrogen) atoms. The van der Waals surface area contributed by atoms with Gasteiger partial charge in [0.05, 0.1) is 12.6 Å². The smallest absolute Gasteiger partial charge is 0.410 e. The highest BCUT2D eigenvalue weighted by molar-refractivity contribution is 5.89. The predicted molar refractivity (Wildman–Crippen MR) is 205 cm³/mol. The molecule has 2 aliphatic heterocycles. The topological polar surface area (TPSA) is 153 Å². The molecule has 2 heterocycles. The molecule has 0 radical (unpaired) electrons. The lowest BCUT2D eigenvalue weighted by Crippen LogP contribution is -2.55. The van der Waals surface area contributed by atoms with E-state index in [9.17, 15) is 24.0 Å². The summed E-state index contributed by atoms with van der Waals surface area (Å²) in [6.45, 7) is 15.2. The van der Waals surface area contributed by atoms with Gasteiger partial charge in [-0.3, -0.25) is 14.9 Å². The summed E-state index contributed by atoms with van der Waals surface area (Å²) in [5, 5.41) is 6.11. The van der Waals surface area contributed by atoms with Crippen LogP contribution < -0.4 is 10.6 Å². The molecule has 13 heteroatoms. The number of hydrogen-bond donors (Lipinski definition) is 2. The van der Waals surface area contributed by atoms with Gasteiger partial charge in [-0.25, -0.2) is 14.4 Å². The third-order valence-electron chi connectivity index (χ3n) is 9.51. The minimum absolute atomic E-state index is 0.213. The Morgan fingerprint density at radius 1 is 0.796 bits per heavy atom. The number of rotatable bonds is 18. The van der Waals surface area contributed by atoms with Crippen LogP contribution in [0.15, 0.2) is 30.3 Å². The van der Waals surface area contributed by atoms with Crippen LogP contribution in [0.25, 0.3) is 0 Å². The molecule has 1 aromatic rings. The van der Waals surface area contributed by atoms with E-state index in [-0.39, 0.29) is 25.2 Å². The number of nitrogens with zero attached hydrogens (tertiary/aromatic N) is 2. The van der Waals surface area contributed by atoms with Gasteiger partial charge >= 0.3 is 24.1 Å². The molecule has 0 saturated carbocycles. The lowest BCUT2D eigenvalue weighted by molar-refractivity contribution is -0.163. The van der Waals surface area contributed by atoms with E-state index >= 15 is 0 Å².